The Morgan fingerprint density at radius 3 is 1.94 bits per heavy atom. The Hall–Kier alpha value is -3.54. The highest BCUT2D eigenvalue weighted by Gasteiger charge is 2.16. The van der Waals surface area contributed by atoms with Crippen LogP contribution in [-0.4, -0.2) is 34.4 Å². The maximum Gasteiger partial charge on any atom is 0.224 e. The summed E-state index contributed by atoms with van der Waals surface area (Å²) in [5.74, 6) is -0.0741. The maximum absolute atomic E-state index is 12.7. The third-order valence-electron chi connectivity index (χ3n) is 6.10. The summed E-state index contributed by atoms with van der Waals surface area (Å²) in [6.45, 7) is 6.61. The van der Waals surface area contributed by atoms with Gasteiger partial charge in [-0.15, -0.1) is 0 Å². The predicted octanol–water partition coefficient (Wildman–Crippen LogP) is 4.45. The average Bonchev–Trinajstić information content (AvgIpc) is 3.35. The van der Waals surface area contributed by atoms with Crippen LogP contribution in [0.3, 0.4) is 0 Å². The van der Waals surface area contributed by atoms with Crippen LogP contribution in [0.4, 0.5) is 0 Å². The van der Waals surface area contributed by atoms with E-state index in [1.54, 1.807) is 0 Å². The van der Waals surface area contributed by atoms with Crippen LogP contribution in [0.25, 0.3) is 21.8 Å². The molecule has 0 spiro atoms. The number of benzene rings is 2. The number of aryl methyl sites for hydroxylation is 2. The summed E-state index contributed by atoms with van der Waals surface area (Å²) in [7, 11) is 0. The zero-order valence-electron chi connectivity index (χ0n) is 19.5. The minimum absolute atomic E-state index is 0.0313. The van der Waals surface area contributed by atoms with Crippen molar-refractivity contribution in [3.8, 4) is 0 Å². The Morgan fingerprint density at radius 1 is 0.848 bits per heavy atom. The summed E-state index contributed by atoms with van der Waals surface area (Å²) in [4.78, 5) is 31.8. The normalized spacial score (nSPS) is 12.2. The second-order valence-corrected chi connectivity index (χ2v) is 8.94. The lowest BCUT2D eigenvalue weighted by Gasteiger charge is -2.19. The Morgan fingerprint density at radius 2 is 1.39 bits per heavy atom. The second-order valence-electron chi connectivity index (χ2n) is 8.94. The van der Waals surface area contributed by atoms with Crippen LogP contribution >= 0.6 is 0 Å². The van der Waals surface area contributed by atoms with Gasteiger partial charge in [0.05, 0.1) is 12.8 Å². The molecule has 2 aromatic carbocycles. The Labute approximate surface area is 194 Å². The van der Waals surface area contributed by atoms with E-state index >= 15 is 0 Å². The first kappa shape index (κ1) is 22.6. The zero-order valence-corrected chi connectivity index (χ0v) is 19.5. The van der Waals surface area contributed by atoms with Crippen molar-refractivity contribution in [2.75, 3.05) is 6.54 Å². The molecule has 172 valence electrons. The first-order chi connectivity index (χ1) is 15.9. The third-order valence-corrected chi connectivity index (χ3v) is 6.10. The SMILES string of the molecule is CCCC(CNC(=O)Cc1c[nH]c2cc(C)ccc12)NC(=O)Cc1c[nH]c2cc(C)ccc12. The van der Waals surface area contributed by atoms with Gasteiger partial charge in [-0.1, -0.05) is 37.6 Å². The molecule has 4 rings (SSSR count). The molecule has 0 aliphatic carbocycles. The van der Waals surface area contributed by atoms with Crippen LogP contribution in [0.1, 0.15) is 42.0 Å². The van der Waals surface area contributed by atoms with E-state index in [4.69, 9.17) is 0 Å². The molecule has 1 atom stereocenters. The quantitative estimate of drug-likeness (QED) is 0.307. The highest BCUT2D eigenvalue weighted by atomic mass is 16.2. The fourth-order valence-corrected chi connectivity index (χ4v) is 4.39. The van der Waals surface area contributed by atoms with Crippen molar-refractivity contribution in [1.82, 2.24) is 20.6 Å². The van der Waals surface area contributed by atoms with E-state index in [-0.39, 0.29) is 17.9 Å². The number of hydrogen-bond acceptors (Lipinski definition) is 2. The number of aromatic nitrogens is 2. The fourth-order valence-electron chi connectivity index (χ4n) is 4.39. The average molecular weight is 445 g/mol. The van der Waals surface area contributed by atoms with Gasteiger partial charge in [-0.3, -0.25) is 9.59 Å². The summed E-state index contributed by atoms with van der Waals surface area (Å²) < 4.78 is 0. The number of aromatic amines is 2. The van der Waals surface area contributed by atoms with Gasteiger partial charge in [0.25, 0.3) is 0 Å². The lowest BCUT2D eigenvalue weighted by molar-refractivity contribution is -0.123. The zero-order chi connectivity index (χ0) is 23.4. The Kier molecular flexibility index (Phi) is 6.82. The summed E-state index contributed by atoms with van der Waals surface area (Å²) in [5, 5.41) is 8.26. The van der Waals surface area contributed by atoms with Gasteiger partial charge in [0.2, 0.25) is 11.8 Å². The Bertz CT molecular complexity index is 1280. The standard InChI is InChI=1S/C27H32N4O2/c1-4-5-21(31-27(33)13-20-15-29-25-11-18(3)7-9-23(20)25)16-30-26(32)12-19-14-28-24-10-17(2)6-8-22(19)24/h6-11,14-15,21,28-29H,4-5,12-13,16H2,1-3H3,(H,30,32)(H,31,33). The smallest absolute Gasteiger partial charge is 0.224 e. The van der Waals surface area contributed by atoms with Gasteiger partial charge in [-0.2, -0.15) is 0 Å². The molecule has 2 aromatic heterocycles. The van der Waals surface area contributed by atoms with E-state index in [2.05, 4.69) is 70.8 Å². The number of carbonyl (C=O) groups is 2. The molecule has 0 saturated heterocycles. The molecule has 6 nitrogen and oxygen atoms in total. The summed E-state index contributed by atoms with van der Waals surface area (Å²) in [6.07, 6.45) is 6.16. The molecule has 0 aliphatic heterocycles. The molecule has 0 bridgehead atoms. The summed E-state index contributed by atoms with van der Waals surface area (Å²) in [6, 6.07) is 12.3. The maximum atomic E-state index is 12.7. The molecule has 6 heteroatoms. The molecule has 0 saturated carbocycles. The number of rotatable bonds is 9. The molecule has 1 unspecified atom stereocenters. The van der Waals surface area contributed by atoms with Gasteiger partial charge in [0.15, 0.2) is 0 Å². The molecular weight excluding hydrogens is 412 g/mol. The van der Waals surface area contributed by atoms with Crippen LogP contribution < -0.4 is 10.6 Å². The first-order valence-electron chi connectivity index (χ1n) is 11.6. The first-order valence-corrected chi connectivity index (χ1v) is 11.6. The molecule has 4 N–H and O–H groups in total. The number of hydrogen-bond donors (Lipinski definition) is 4. The topological polar surface area (TPSA) is 89.8 Å². The van der Waals surface area contributed by atoms with E-state index in [1.165, 1.54) is 11.1 Å². The van der Waals surface area contributed by atoms with E-state index in [0.29, 0.717) is 19.4 Å². The third kappa shape index (κ3) is 5.45. The monoisotopic (exact) mass is 444 g/mol. The molecule has 2 heterocycles. The largest absolute Gasteiger partial charge is 0.361 e. The molecule has 0 fully saturated rings. The number of carbonyl (C=O) groups excluding carboxylic acids is 2. The van der Waals surface area contributed by atoms with Crippen molar-refractivity contribution in [2.45, 2.75) is 52.5 Å². The highest BCUT2D eigenvalue weighted by molar-refractivity contribution is 5.90. The molecule has 33 heavy (non-hydrogen) atoms. The van der Waals surface area contributed by atoms with E-state index < -0.39 is 0 Å². The van der Waals surface area contributed by atoms with Gasteiger partial charge in [0, 0.05) is 46.8 Å². The van der Waals surface area contributed by atoms with Crippen molar-refractivity contribution in [2.24, 2.45) is 0 Å². The molecule has 4 aromatic rings. The summed E-state index contributed by atoms with van der Waals surface area (Å²) >= 11 is 0. The second kappa shape index (κ2) is 9.94. The lowest BCUT2D eigenvalue weighted by Crippen LogP contribution is -2.44. The molecule has 2 amide bonds. The van der Waals surface area contributed by atoms with Crippen LogP contribution in [0.15, 0.2) is 48.8 Å². The number of nitrogens with one attached hydrogen (secondary N) is 4. The van der Waals surface area contributed by atoms with Crippen molar-refractivity contribution < 1.29 is 9.59 Å². The van der Waals surface area contributed by atoms with Crippen molar-refractivity contribution in [3.63, 3.8) is 0 Å². The Balaban J connectivity index is 1.33. The van der Waals surface area contributed by atoms with E-state index in [1.807, 2.05) is 19.3 Å². The van der Waals surface area contributed by atoms with Crippen LogP contribution in [0, 0.1) is 13.8 Å². The molecule has 0 aliphatic rings. The fraction of sp³-hybridized carbons (Fsp3) is 0.333. The number of fused-ring (bicyclic) bond motifs is 2. The van der Waals surface area contributed by atoms with Crippen molar-refractivity contribution in [3.05, 3.63) is 71.0 Å². The van der Waals surface area contributed by atoms with Crippen LogP contribution in [-0.2, 0) is 22.4 Å². The van der Waals surface area contributed by atoms with E-state index in [9.17, 15) is 9.59 Å². The van der Waals surface area contributed by atoms with E-state index in [0.717, 1.165) is 45.8 Å². The van der Waals surface area contributed by atoms with Gasteiger partial charge in [-0.05, 0) is 54.7 Å². The van der Waals surface area contributed by atoms with Crippen molar-refractivity contribution >= 4 is 33.6 Å². The van der Waals surface area contributed by atoms with Crippen LogP contribution in [0.5, 0.6) is 0 Å². The molecule has 0 radical (unpaired) electrons. The molecular formula is C27H32N4O2. The minimum atomic E-state index is -0.0930. The minimum Gasteiger partial charge on any atom is -0.361 e. The van der Waals surface area contributed by atoms with Gasteiger partial charge < -0.3 is 20.6 Å². The van der Waals surface area contributed by atoms with Gasteiger partial charge in [0.1, 0.15) is 0 Å². The highest BCUT2D eigenvalue weighted by Crippen LogP contribution is 2.21. The van der Waals surface area contributed by atoms with Gasteiger partial charge >= 0.3 is 0 Å². The number of amides is 2. The van der Waals surface area contributed by atoms with Gasteiger partial charge in [-0.25, -0.2) is 0 Å². The van der Waals surface area contributed by atoms with Crippen LogP contribution in [0.2, 0.25) is 0 Å². The van der Waals surface area contributed by atoms with Crippen molar-refractivity contribution in [1.29, 1.82) is 0 Å². The predicted molar refractivity (Wildman–Crippen MR) is 133 cm³/mol. The lowest BCUT2D eigenvalue weighted by atomic mass is 10.1. The summed E-state index contributed by atoms with van der Waals surface area (Å²) in [5.41, 5.74) is 6.41. The number of H-pyrrole nitrogens is 2.